The van der Waals surface area contributed by atoms with Crippen LogP contribution in [-0.2, 0) is 17.8 Å². The molecule has 2 fully saturated rings. The van der Waals surface area contributed by atoms with Crippen LogP contribution in [0.3, 0.4) is 0 Å². The number of piperidine rings is 1. The maximum atomic E-state index is 5.69. The first-order valence-electron chi connectivity index (χ1n) is 11.1. The van der Waals surface area contributed by atoms with Crippen molar-refractivity contribution in [2.75, 3.05) is 39.9 Å². The average Bonchev–Trinajstić information content (AvgIpc) is 3.54. The summed E-state index contributed by atoms with van der Waals surface area (Å²) in [5.74, 6) is 2.58. The Morgan fingerprint density at radius 2 is 1.86 bits per heavy atom. The Kier molecular flexibility index (Phi) is 8.62. The minimum Gasteiger partial charge on any atom is -0.381 e. The minimum absolute atomic E-state index is 0.804. The number of guanidine groups is 1. The number of benzene rings is 1. The van der Waals surface area contributed by atoms with Crippen LogP contribution >= 0.6 is 0 Å². The third-order valence-electron chi connectivity index (χ3n) is 5.87. The summed E-state index contributed by atoms with van der Waals surface area (Å²) in [4.78, 5) is 6.95. The average molecular weight is 387 g/mol. The summed E-state index contributed by atoms with van der Waals surface area (Å²) < 4.78 is 5.69. The molecule has 0 aromatic heterocycles. The molecule has 5 heteroatoms. The van der Waals surface area contributed by atoms with Crippen LogP contribution in [0.1, 0.15) is 50.2 Å². The quantitative estimate of drug-likeness (QED) is 0.368. The third-order valence-corrected chi connectivity index (χ3v) is 5.87. The Labute approximate surface area is 170 Å². The maximum absolute atomic E-state index is 5.69. The summed E-state index contributed by atoms with van der Waals surface area (Å²) in [6.07, 6.45) is 6.36. The van der Waals surface area contributed by atoms with Crippen LogP contribution in [0.4, 0.5) is 0 Å². The highest BCUT2D eigenvalue weighted by molar-refractivity contribution is 5.79. The van der Waals surface area contributed by atoms with Gasteiger partial charge in [0.05, 0.1) is 0 Å². The SMILES string of the molecule is CN=C(NCCCOCC1CC1)NCc1ccccc1CN1CCC(C)CC1. The molecule has 1 saturated carbocycles. The fourth-order valence-corrected chi connectivity index (χ4v) is 3.66. The van der Waals surface area contributed by atoms with Gasteiger partial charge in [-0.1, -0.05) is 31.2 Å². The van der Waals surface area contributed by atoms with E-state index in [1.165, 1.54) is 49.9 Å². The van der Waals surface area contributed by atoms with Gasteiger partial charge in [-0.15, -0.1) is 0 Å². The van der Waals surface area contributed by atoms with Gasteiger partial charge in [-0.05, 0) is 68.2 Å². The number of rotatable bonds is 10. The topological polar surface area (TPSA) is 48.9 Å². The molecule has 1 aliphatic carbocycles. The van der Waals surface area contributed by atoms with Crippen molar-refractivity contribution in [2.45, 2.75) is 52.1 Å². The zero-order chi connectivity index (χ0) is 19.6. The fraction of sp³-hybridized carbons (Fsp3) is 0.696. The predicted molar refractivity (Wildman–Crippen MR) is 116 cm³/mol. The van der Waals surface area contributed by atoms with Crippen LogP contribution in [0.5, 0.6) is 0 Å². The lowest BCUT2D eigenvalue weighted by Gasteiger charge is -2.30. The molecule has 156 valence electrons. The fourth-order valence-electron chi connectivity index (χ4n) is 3.66. The highest BCUT2D eigenvalue weighted by atomic mass is 16.5. The normalized spacial score (nSPS) is 19.0. The highest BCUT2D eigenvalue weighted by Gasteiger charge is 2.20. The second kappa shape index (κ2) is 11.4. The first kappa shape index (κ1) is 21.1. The van der Waals surface area contributed by atoms with Crippen molar-refractivity contribution in [2.24, 2.45) is 16.8 Å². The predicted octanol–water partition coefficient (Wildman–Crippen LogP) is 3.40. The second-order valence-electron chi connectivity index (χ2n) is 8.45. The standard InChI is InChI=1S/C23H38N4O/c1-19-10-13-27(14-11-19)17-22-7-4-3-6-21(22)16-26-23(24-2)25-12-5-15-28-18-20-8-9-20/h3-4,6-7,19-20H,5,8-18H2,1-2H3,(H2,24,25,26). The van der Waals surface area contributed by atoms with E-state index >= 15 is 0 Å². The Bertz CT molecular complexity index is 606. The van der Waals surface area contributed by atoms with E-state index in [4.69, 9.17) is 4.74 Å². The van der Waals surface area contributed by atoms with Crippen LogP contribution in [0.25, 0.3) is 0 Å². The smallest absolute Gasteiger partial charge is 0.191 e. The van der Waals surface area contributed by atoms with Crippen molar-refractivity contribution in [3.8, 4) is 0 Å². The molecule has 1 aromatic carbocycles. The first-order valence-corrected chi connectivity index (χ1v) is 11.1. The molecule has 0 unspecified atom stereocenters. The van der Waals surface area contributed by atoms with Crippen LogP contribution in [0, 0.1) is 11.8 Å². The number of hydrogen-bond acceptors (Lipinski definition) is 3. The lowest BCUT2D eigenvalue weighted by Crippen LogP contribution is -2.38. The number of likely N-dealkylation sites (tertiary alicyclic amines) is 1. The van der Waals surface area contributed by atoms with Gasteiger partial charge in [0, 0.05) is 39.9 Å². The molecule has 5 nitrogen and oxygen atoms in total. The zero-order valence-electron chi connectivity index (χ0n) is 17.8. The summed E-state index contributed by atoms with van der Waals surface area (Å²) in [6, 6.07) is 8.78. The van der Waals surface area contributed by atoms with E-state index in [9.17, 15) is 0 Å². The Balaban J connectivity index is 1.38. The summed E-state index contributed by atoms with van der Waals surface area (Å²) in [5.41, 5.74) is 2.78. The van der Waals surface area contributed by atoms with Gasteiger partial charge in [0.2, 0.25) is 0 Å². The van der Waals surface area contributed by atoms with Gasteiger partial charge in [0.25, 0.3) is 0 Å². The van der Waals surface area contributed by atoms with Crippen molar-refractivity contribution in [1.82, 2.24) is 15.5 Å². The maximum Gasteiger partial charge on any atom is 0.191 e. The molecule has 0 bridgehead atoms. The molecule has 0 atom stereocenters. The van der Waals surface area contributed by atoms with Crippen molar-refractivity contribution >= 4 is 5.96 Å². The first-order chi connectivity index (χ1) is 13.7. The molecule has 0 spiro atoms. The zero-order valence-corrected chi connectivity index (χ0v) is 17.8. The van der Waals surface area contributed by atoms with Gasteiger partial charge in [0.15, 0.2) is 5.96 Å². The number of aliphatic imine (C=N–C) groups is 1. The van der Waals surface area contributed by atoms with Crippen molar-refractivity contribution in [1.29, 1.82) is 0 Å². The number of nitrogens with one attached hydrogen (secondary N) is 2. The summed E-state index contributed by atoms with van der Waals surface area (Å²) in [7, 11) is 1.83. The molecule has 1 heterocycles. The molecule has 28 heavy (non-hydrogen) atoms. The minimum atomic E-state index is 0.804. The van der Waals surface area contributed by atoms with E-state index in [1.807, 2.05) is 7.05 Å². The largest absolute Gasteiger partial charge is 0.381 e. The summed E-state index contributed by atoms with van der Waals surface area (Å²) in [5, 5.41) is 6.87. The van der Waals surface area contributed by atoms with E-state index < -0.39 is 0 Å². The monoisotopic (exact) mass is 386 g/mol. The number of ether oxygens (including phenoxy) is 1. The van der Waals surface area contributed by atoms with E-state index in [1.54, 1.807) is 0 Å². The van der Waals surface area contributed by atoms with E-state index in [0.29, 0.717) is 0 Å². The van der Waals surface area contributed by atoms with E-state index in [-0.39, 0.29) is 0 Å². The second-order valence-corrected chi connectivity index (χ2v) is 8.45. The molecule has 2 N–H and O–H groups in total. The van der Waals surface area contributed by atoms with Gasteiger partial charge in [-0.25, -0.2) is 0 Å². The molecule has 0 radical (unpaired) electrons. The van der Waals surface area contributed by atoms with Gasteiger partial charge < -0.3 is 15.4 Å². The summed E-state index contributed by atoms with van der Waals surface area (Å²) >= 11 is 0. The highest BCUT2D eigenvalue weighted by Crippen LogP contribution is 2.28. The lowest BCUT2D eigenvalue weighted by atomic mass is 9.98. The molecular formula is C23H38N4O. The Morgan fingerprint density at radius 1 is 1.11 bits per heavy atom. The van der Waals surface area contributed by atoms with Crippen LogP contribution < -0.4 is 10.6 Å². The molecular weight excluding hydrogens is 348 g/mol. The van der Waals surface area contributed by atoms with Crippen LogP contribution in [-0.4, -0.2) is 50.8 Å². The molecule has 2 aliphatic rings. The Morgan fingerprint density at radius 3 is 2.57 bits per heavy atom. The van der Waals surface area contributed by atoms with Gasteiger partial charge in [-0.3, -0.25) is 9.89 Å². The van der Waals surface area contributed by atoms with Gasteiger partial charge in [0.1, 0.15) is 0 Å². The van der Waals surface area contributed by atoms with Crippen molar-refractivity contribution < 1.29 is 4.74 Å². The van der Waals surface area contributed by atoms with Crippen LogP contribution in [0.2, 0.25) is 0 Å². The summed E-state index contributed by atoms with van der Waals surface area (Å²) in [6.45, 7) is 9.32. The number of nitrogens with zero attached hydrogens (tertiary/aromatic N) is 2. The molecule has 1 aromatic rings. The third kappa shape index (κ3) is 7.44. The van der Waals surface area contributed by atoms with Crippen LogP contribution in [0.15, 0.2) is 29.3 Å². The van der Waals surface area contributed by atoms with E-state index in [2.05, 4.69) is 51.7 Å². The molecule has 0 amide bonds. The Hall–Kier alpha value is -1.59. The molecule has 1 saturated heterocycles. The van der Waals surface area contributed by atoms with E-state index in [0.717, 1.165) is 57.1 Å². The van der Waals surface area contributed by atoms with Crippen molar-refractivity contribution in [3.63, 3.8) is 0 Å². The van der Waals surface area contributed by atoms with Gasteiger partial charge in [-0.2, -0.15) is 0 Å². The molecule has 3 rings (SSSR count). The molecule has 1 aliphatic heterocycles. The number of hydrogen-bond donors (Lipinski definition) is 2. The van der Waals surface area contributed by atoms with Gasteiger partial charge >= 0.3 is 0 Å². The van der Waals surface area contributed by atoms with Crippen molar-refractivity contribution in [3.05, 3.63) is 35.4 Å². The lowest BCUT2D eigenvalue weighted by molar-refractivity contribution is 0.123.